The largest absolute Gasteiger partial charge is 0.326 e. The van der Waals surface area contributed by atoms with E-state index in [4.69, 9.17) is 5.73 Å². The summed E-state index contributed by atoms with van der Waals surface area (Å²) >= 11 is 1.76. The third-order valence-corrected chi connectivity index (χ3v) is 4.36. The highest BCUT2D eigenvalue weighted by molar-refractivity contribution is 7.09. The lowest BCUT2D eigenvalue weighted by Gasteiger charge is -2.14. The van der Waals surface area contributed by atoms with Crippen molar-refractivity contribution in [1.29, 1.82) is 0 Å². The molecule has 2 atom stereocenters. The predicted molar refractivity (Wildman–Crippen MR) is 68.5 cm³/mol. The second kappa shape index (κ2) is 5.25. The highest BCUT2D eigenvalue weighted by Crippen LogP contribution is 2.23. The molecular weight excluding hydrogens is 218 g/mol. The minimum Gasteiger partial charge on any atom is -0.326 e. The number of nitrogens with two attached hydrogens (primary N) is 1. The molecule has 1 saturated heterocycles. The normalized spacial score (nSPS) is 26.4. The van der Waals surface area contributed by atoms with Crippen LogP contribution >= 0.6 is 11.3 Å². The number of hydrogen-bond donors (Lipinski definition) is 1. The molecule has 2 rings (SSSR count). The van der Waals surface area contributed by atoms with Crippen molar-refractivity contribution in [2.75, 3.05) is 13.1 Å². The Morgan fingerprint density at radius 1 is 1.56 bits per heavy atom. The van der Waals surface area contributed by atoms with Crippen molar-refractivity contribution < 1.29 is 0 Å². The fourth-order valence-corrected chi connectivity index (χ4v) is 3.29. The molecule has 1 aromatic heterocycles. The number of hydrogen-bond acceptors (Lipinski definition) is 4. The van der Waals surface area contributed by atoms with Gasteiger partial charge in [0, 0.05) is 30.6 Å². The van der Waals surface area contributed by atoms with E-state index in [-0.39, 0.29) is 0 Å². The molecule has 2 heterocycles. The zero-order valence-corrected chi connectivity index (χ0v) is 11.0. The van der Waals surface area contributed by atoms with E-state index in [0.29, 0.717) is 12.0 Å². The second-order valence-electron chi connectivity index (χ2n) is 4.77. The average molecular weight is 239 g/mol. The molecule has 4 heteroatoms. The molecular formula is C12H21N3S. The molecule has 0 bridgehead atoms. The first kappa shape index (κ1) is 12.0. The predicted octanol–water partition coefficient (Wildman–Crippen LogP) is 2.01. The molecule has 1 fully saturated rings. The summed E-state index contributed by atoms with van der Waals surface area (Å²) in [5, 5.41) is 0. The number of rotatable bonds is 4. The van der Waals surface area contributed by atoms with E-state index in [9.17, 15) is 0 Å². The zero-order chi connectivity index (χ0) is 11.5. The van der Waals surface area contributed by atoms with E-state index in [1.807, 2.05) is 5.51 Å². The van der Waals surface area contributed by atoms with E-state index in [2.05, 4.69) is 23.7 Å². The van der Waals surface area contributed by atoms with Gasteiger partial charge in [-0.25, -0.2) is 4.98 Å². The molecule has 0 saturated carbocycles. The lowest BCUT2D eigenvalue weighted by Crippen LogP contribution is -2.29. The lowest BCUT2D eigenvalue weighted by molar-refractivity contribution is 0.314. The Balaban J connectivity index is 1.91. The third kappa shape index (κ3) is 2.62. The Bertz CT molecular complexity index is 337. The summed E-state index contributed by atoms with van der Waals surface area (Å²) < 4.78 is 0. The Labute approximate surface area is 102 Å². The van der Waals surface area contributed by atoms with Crippen molar-refractivity contribution in [3.05, 3.63) is 16.1 Å². The fourth-order valence-electron chi connectivity index (χ4n) is 2.48. The number of nitrogens with zero attached hydrogens (tertiary/aromatic N) is 2. The highest BCUT2D eigenvalue weighted by atomic mass is 32.1. The maximum Gasteiger partial charge on any atom is 0.0798 e. The molecule has 0 amide bonds. The van der Waals surface area contributed by atoms with E-state index >= 15 is 0 Å². The number of likely N-dealkylation sites (tertiary alicyclic amines) is 1. The number of aryl methyl sites for hydroxylation is 1. The van der Waals surface area contributed by atoms with Crippen LogP contribution in [0.25, 0.3) is 0 Å². The Hall–Kier alpha value is -0.450. The average Bonchev–Trinajstić information content (AvgIpc) is 2.77. The van der Waals surface area contributed by atoms with Crippen molar-refractivity contribution in [3.8, 4) is 0 Å². The number of aromatic nitrogens is 1. The molecule has 0 radical (unpaired) electrons. The summed E-state index contributed by atoms with van der Waals surface area (Å²) in [4.78, 5) is 8.16. The molecule has 0 spiro atoms. The SMILES string of the molecule is CCC[C@H]1CN(Cc2scnc2C)C[C@@H]1N. The van der Waals surface area contributed by atoms with Gasteiger partial charge in [0.25, 0.3) is 0 Å². The molecule has 16 heavy (non-hydrogen) atoms. The molecule has 1 aliphatic heterocycles. The quantitative estimate of drug-likeness (QED) is 0.874. The molecule has 0 aliphatic carbocycles. The zero-order valence-electron chi connectivity index (χ0n) is 10.1. The van der Waals surface area contributed by atoms with Crippen LogP contribution in [0.3, 0.4) is 0 Å². The van der Waals surface area contributed by atoms with Gasteiger partial charge in [-0.2, -0.15) is 0 Å². The maximum absolute atomic E-state index is 6.17. The summed E-state index contributed by atoms with van der Waals surface area (Å²) in [7, 11) is 0. The van der Waals surface area contributed by atoms with E-state index in [1.54, 1.807) is 11.3 Å². The monoisotopic (exact) mass is 239 g/mol. The Morgan fingerprint density at radius 2 is 2.38 bits per heavy atom. The van der Waals surface area contributed by atoms with Crippen LogP contribution in [-0.2, 0) is 6.54 Å². The van der Waals surface area contributed by atoms with Crippen LogP contribution in [-0.4, -0.2) is 29.0 Å². The second-order valence-corrected chi connectivity index (χ2v) is 5.71. The van der Waals surface area contributed by atoms with Crippen molar-refractivity contribution >= 4 is 11.3 Å². The van der Waals surface area contributed by atoms with Gasteiger partial charge in [0.15, 0.2) is 0 Å². The molecule has 1 aromatic rings. The molecule has 90 valence electrons. The van der Waals surface area contributed by atoms with E-state index < -0.39 is 0 Å². The van der Waals surface area contributed by atoms with Gasteiger partial charge in [-0.3, -0.25) is 4.90 Å². The van der Waals surface area contributed by atoms with Gasteiger partial charge in [0.05, 0.1) is 11.2 Å². The van der Waals surface area contributed by atoms with Gasteiger partial charge in [0.2, 0.25) is 0 Å². The Morgan fingerprint density at radius 3 is 3.00 bits per heavy atom. The molecule has 0 aromatic carbocycles. The van der Waals surface area contributed by atoms with Gasteiger partial charge >= 0.3 is 0 Å². The third-order valence-electron chi connectivity index (χ3n) is 3.44. The summed E-state index contributed by atoms with van der Waals surface area (Å²) in [5.74, 6) is 0.693. The molecule has 0 unspecified atom stereocenters. The minimum absolute atomic E-state index is 0.369. The standard InChI is InChI=1S/C12H21N3S/c1-3-4-10-5-15(6-11(10)13)7-12-9(2)14-8-16-12/h8,10-11H,3-7,13H2,1-2H3/t10-,11-/m0/s1. The first-order valence-electron chi connectivity index (χ1n) is 6.07. The van der Waals surface area contributed by atoms with E-state index in [0.717, 1.165) is 19.6 Å². The van der Waals surface area contributed by atoms with Crippen LogP contribution in [0.2, 0.25) is 0 Å². The Kier molecular flexibility index (Phi) is 3.95. The van der Waals surface area contributed by atoms with E-state index in [1.165, 1.54) is 23.4 Å². The van der Waals surface area contributed by atoms with Gasteiger partial charge in [-0.1, -0.05) is 13.3 Å². The van der Waals surface area contributed by atoms with Crippen LogP contribution in [0.15, 0.2) is 5.51 Å². The highest BCUT2D eigenvalue weighted by Gasteiger charge is 2.29. The van der Waals surface area contributed by atoms with Crippen LogP contribution in [0.5, 0.6) is 0 Å². The first-order valence-corrected chi connectivity index (χ1v) is 6.95. The maximum atomic E-state index is 6.17. The van der Waals surface area contributed by atoms with Gasteiger partial charge in [-0.05, 0) is 19.3 Å². The summed E-state index contributed by atoms with van der Waals surface area (Å²) in [5.41, 5.74) is 9.28. The van der Waals surface area contributed by atoms with Crippen LogP contribution < -0.4 is 5.73 Å². The summed E-state index contributed by atoms with van der Waals surface area (Å²) in [6, 6.07) is 0.369. The molecule has 1 aliphatic rings. The summed E-state index contributed by atoms with van der Waals surface area (Å²) in [6.07, 6.45) is 2.51. The van der Waals surface area contributed by atoms with Crippen molar-refractivity contribution in [2.24, 2.45) is 11.7 Å². The summed E-state index contributed by atoms with van der Waals surface area (Å²) in [6.45, 7) is 7.56. The van der Waals surface area contributed by atoms with Crippen LogP contribution in [0.4, 0.5) is 0 Å². The van der Waals surface area contributed by atoms with Crippen molar-refractivity contribution in [1.82, 2.24) is 9.88 Å². The number of thiazole rings is 1. The minimum atomic E-state index is 0.369. The van der Waals surface area contributed by atoms with Crippen molar-refractivity contribution in [3.63, 3.8) is 0 Å². The smallest absolute Gasteiger partial charge is 0.0798 e. The first-order chi connectivity index (χ1) is 7.70. The van der Waals surface area contributed by atoms with Crippen LogP contribution in [0, 0.1) is 12.8 Å². The molecule has 3 nitrogen and oxygen atoms in total. The topological polar surface area (TPSA) is 42.2 Å². The lowest BCUT2D eigenvalue weighted by atomic mass is 9.99. The molecule has 2 N–H and O–H groups in total. The van der Waals surface area contributed by atoms with Gasteiger partial charge < -0.3 is 5.73 Å². The van der Waals surface area contributed by atoms with Gasteiger partial charge in [-0.15, -0.1) is 11.3 Å². The van der Waals surface area contributed by atoms with Gasteiger partial charge in [0.1, 0.15) is 0 Å². The van der Waals surface area contributed by atoms with Crippen molar-refractivity contribution in [2.45, 2.75) is 39.3 Å². The fraction of sp³-hybridized carbons (Fsp3) is 0.750. The van der Waals surface area contributed by atoms with Crippen LogP contribution in [0.1, 0.15) is 30.3 Å².